The lowest BCUT2D eigenvalue weighted by atomic mass is 10.1. The van der Waals surface area contributed by atoms with Gasteiger partial charge in [-0.15, -0.1) is 0 Å². The molecular weight excluding hydrogens is 239 g/mol. The van der Waals surface area contributed by atoms with Gasteiger partial charge < -0.3 is 9.72 Å². The third kappa shape index (κ3) is 2.68. The number of halogens is 1. The van der Waals surface area contributed by atoms with Crippen LogP contribution < -0.4 is 4.74 Å². The van der Waals surface area contributed by atoms with E-state index in [1.165, 1.54) is 0 Å². The summed E-state index contributed by atoms with van der Waals surface area (Å²) < 4.78 is 19.1. The van der Waals surface area contributed by atoms with Gasteiger partial charge >= 0.3 is 0 Å². The van der Waals surface area contributed by atoms with E-state index in [0.29, 0.717) is 17.9 Å². The standard InChI is InChI=1S/C12H11FN2OS/c1-2-16-9-5-3-8(4-6-9)11-10(13)7-14-12(17)15-11/h3-7H,2H2,1H3,(H,14,15,17). The summed E-state index contributed by atoms with van der Waals surface area (Å²) >= 11 is 4.87. The maximum Gasteiger partial charge on any atom is 0.197 e. The molecule has 2 aromatic rings. The Morgan fingerprint density at radius 1 is 1.35 bits per heavy atom. The smallest absolute Gasteiger partial charge is 0.197 e. The van der Waals surface area contributed by atoms with Crippen molar-refractivity contribution in [3.05, 3.63) is 41.1 Å². The van der Waals surface area contributed by atoms with Crippen LogP contribution in [0.25, 0.3) is 11.3 Å². The summed E-state index contributed by atoms with van der Waals surface area (Å²) in [6.07, 6.45) is 1.12. The van der Waals surface area contributed by atoms with Crippen molar-refractivity contribution < 1.29 is 9.13 Å². The number of benzene rings is 1. The molecule has 3 nitrogen and oxygen atoms in total. The van der Waals surface area contributed by atoms with Gasteiger partial charge in [-0.3, -0.25) is 0 Å². The van der Waals surface area contributed by atoms with Gasteiger partial charge in [-0.05, 0) is 43.4 Å². The summed E-state index contributed by atoms with van der Waals surface area (Å²) in [5.41, 5.74) is 1.05. The molecule has 0 aliphatic rings. The molecule has 0 radical (unpaired) electrons. The van der Waals surface area contributed by atoms with Gasteiger partial charge in [0.1, 0.15) is 5.75 Å². The minimum atomic E-state index is -0.428. The number of hydrogen-bond donors (Lipinski definition) is 1. The van der Waals surface area contributed by atoms with E-state index in [4.69, 9.17) is 17.0 Å². The Morgan fingerprint density at radius 3 is 2.71 bits per heavy atom. The van der Waals surface area contributed by atoms with Crippen molar-refractivity contribution in [2.45, 2.75) is 6.92 Å². The van der Waals surface area contributed by atoms with E-state index < -0.39 is 5.82 Å². The molecule has 5 heteroatoms. The summed E-state index contributed by atoms with van der Waals surface area (Å²) in [6, 6.07) is 7.12. The van der Waals surface area contributed by atoms with Crippen molar-refractivity contribution in [3.63, 3.8) is 0 Å². The first kappa shape index (κ1) is 11.7. The van der Waals surface area contributed by atoms with Crippen LogP contribution in [0.15, 0.2) is 30.5 Å². The molecule has 0 saturated heterocycles. The highest BCUT2D eigenvalue weighted by molar-refractivity contribution is 7.71. The zero-order chi connectivity index (χ0) is 12.3. The van der Waals surface area contributed by atoms with Crippen LogP contribution in [0.3, 0.4) is 0 Å². The number of nitrogens with zero attached hydrogens (tertiary/aromatic N) is 1. The molecule has 2 rings (SSSR count). The van der Waals surface area contributed by atoms with Crippen molar-refractivity contribution in [3.8, 4) is 17.0 Å². The number of H-pyrrole nitrogens is 1. The molecule has 0 atom stereocenters. The van der Waals surface area contributed by atoms with Gasteiger partial charge in [-0.25, -0.2) is 9.37 Å². The number of ether oxygens (including phenoxy) is 1. The average Bonchev–Trinajstić information content (AvgIpc) is 2.34. The lowest BCUT2D eigenvalue weighted by Gasteiger charge is -2.05. The summed E-state index contributed by atoms with van der Waals surface area (Å²) in [4.78, 5) is 6.40. The molecule has 0 unspecified atom stereocenters. The van der Waals surface area contributed by atoms with Gasteiger partial charge in [0.05, 0.1) is 18.5 Å². The van der Waals surface area contributed by atoms with Crippen molar-refractivity contribution >= 4 is 12.2 Å². The number of aromatic nitrogens is 2. The topological polar surface area (TPSA) is 37.9 Å². The van der Waals surface area contributed by atoms with Crippen LogP contribution >= 0.6 is 12.2 Å². The number of aromatic amines is 1. The van der Waals surface area contributed by atoms with E-state index in [1.54, 1.807) is 24.3 Å². The second kappa shape index (κ2) is 5.05. The normalized spacial score (nSPS) is 10.2. The second-order valence-electron chi connectivity index (χ2n) is 3.37. The molecule has 0 spiro atoms. The number of nitrogens with one attached hydrogen (secondary N) is 1. The third-order valence-electron chi connectivity index (χ3n) is 2.22. The third-order valence-corrected chi connectivity index (χ3v) is 2.43. The van der Waals surface area contributed by atoms with Crippen LogP contribution in [0.1, 0.15) is 6.92 Å². The van der Waals surface area contributed by atoms with Crippen LogP contribution in [0, 0.1) is 10.6 Å². The van der Waals surface area contributed by atoms with Crippen LogP contribution in [0.5, 0.6) is 5.75 Å². The Labute approximate surface area is 103 Å². The minimum Gasteiger partial charge on any atom is -0.494 e. The molecule has 1 aromatic carbocycles. The Hall–Kier alpha value is -1.75. The van der Waals surface area contributed by atoms with Gasteiger partial charge in [0.2, 0.25) is 0 Å². The maximum absolute atomic E-state index is 13.5. The van der Waals surface area contributed by atoms with Gasteiger partial charge in [0, 0.05) is 5.56 Å². The van der Waals surface area contributed by atoms with E-state index in [9.17, 15) is 4.39 Å². The highest BCUT2D eigenvalue weighted by Gasteiger charge is 2.05. The number of rotatable bonds is 3. The quantitative estimate of drug-likeness (QED) is 0.849. The SMILES string of the molecule is CCOc1ccc(-c2[nH]c(=S)ncc2F)cc1. The van der Waals surface area contributed by atoms with Crippen LogP contribution in [-0.4, -0.2) is 16.6 Å². The fraction of sp³-hybridized carbons (Fsp3) is 0.167. The monoisotopic (exact) mass is 250 g/mol. The Morgan fingerprint density at radius 2 is 2.06 bits per heavy atom. The van der Waals surface area contributed by atoms with Gasteiger partial charge in [0.15, 0.2) is 10.6 Å². The Kier molecular flexibility index (Phi) is 3.49. The number of hydrogen-bond acceptors (Lipinski definition) is 3. The molecule has 0 bridgehead atoms. The van der Waals surface area contributed by atoms with Gasteiger partial charge in [-0.2, -0.15) is 0 Å². The van der Waals surface area contributed by atoms with Crippen molar-refractivity contribution in [2.24, 2.45) is 0 Å². The highest BCUT2D eigenvalue weighted by Crippen LogP contribution is 2.22. The zero-order valence-electron chi connectivity index (χ0n) is 9.24. The highest BCUT2D eigenvalue weighted by atomic mass is 32.1. The molecule has 0 aliphatic heterocycles. The molecule has 1 heterocycles. The van der Waals surface area contributed by atoms with Gasteiger partial charge in [-0.1, -0.05) is 0 Å². The summed E-state index contributed by atoms with van der Waals surface area (Å²) in [7, 11) is 0. The molecule has 1 N–H and O–H groups in total. The molecule has 0 fully saturated rings. The largest absolute Gasteiger partial charge is 0.494 e. The lowest BCUT2D eigenvalue weighted by Crippen LogP contribution is -1.94. The molecule has 17 heavy (non-hydrogen) atoms. The maximum atomic E-state index is 13.5. The fourth-order valence-corrected chi connectivity index (χ4v) is 1.63. The average molecular weight is 250 g/mol. The molecule has 1 aromatic heterocycles. The van der Waals surface area contributed by atoms with E-state index in [0.717, 1.165) is 11.9 Å². The van der Waals surface area contributed by atoms with E-state index in [-0.39, 0.29) is 4.77 Å². The van der Waals surface area contributed by atoms with E-state index >= 15 is 0 Å². The first-order valence-corrected chi connectivity index (χ1v) is 5.59. The van der Waals surface area contributed by atoms with Gasteiger partial charge in [0.25, 0.3) is 0 Å². The second-order valence-corrected chi connectivity index (χ2v) is 3.76. The summed E-state index contributed by atoms with van der Waals surface area (Å²) in [5, 5.41) is 0. The van der Waals surface area contributed by atoms with Crippen molar-refractivity contribution in [2.75, 3.05) is 6.61 Å². The molecule has 0 aliphatic carbocycles. The lowest BCUT2D eigenvalue weighted by molar-refractivity contribution is 0.340. The first-order valence-electron chi connectivity index (χ1n) is 5.18. The van der Waals surface area contributed by atoms with Crippen molar-refractivity contribution in [1.29, 1.82) is 0 Å². The summed E-state index contributed by atoms with van der Waals surface area (Å²) in [5.74, 6) is 0.326. The van der Waals surface area contributed by atoms with E-state index in [2.05, 4.69) is 9.97 Å². The van der Waals surface area contributed by atoms with Crippen LogP contribution in [-0.2, 0) is 0 Å². The minimum absolute atomic E-state index is 0.260. The fourth-order valence-electron chi connectivity index (χ4n) is 1.47. The van der Waals surface area contributed by atoms with Crippen molar-refractivity contribution in [1.82, 2.24) is 9.97 Å². The molecule has 0 saturated carbocycles. The predicted octanol–water partition coefficient (Wildman–Crippen LogP) is 3.34. The summed E-state index contributed by atoms with van der Waals surface area (Å²) in [6.45, 7) is 2.51. The molecule has 0 amide bonds. The first-order chi connectivity index (χ1) is 8.20. The van der Waals surface area contributed by atoms with Crippen LogP contribution in [0.4, 0.5) is 4.39 Å². The van der Waals surface area contributed by atoms with Crippen LogP contribution in [0.2, 0.25) is 0 Å². The van der Waals surface area contributed by atoms with E-state index in [1.807, 2.05) is 6.92 Å². The Balaban J connectivity index is 2.39. The molecular formula is C12H11FN2OS. The Bertz CT molecular complexity index is 565. The zero-order valence-corrected chi connectivity index (χ0v) is 10.1. The predicted molar refractivity (Wildman–Crippen MR) is 66.0 cm³/mol. The molecule has 88 valence electrons.